The Balaban J connectivity index is 2.69. The van der Waals surface area contributed by atoms with Crippen LogP contribution in [0.15, 0.2) is 30.3 Å². The molecular weight excluding hydrogens is 248 g/mol. The minimum Gasteiger partial charge on any atom is -0.459 e. The van der Waals surface area contributed by atoms with Crippen molar-refractivity contribution in [1.29, 1.82) is 0 Å². The molecule has 1 aromatic carbocycles. The van der Waals surface area contributed by atoms with Gasteiger partial charge in [-0.3, -0.25) is 4.79 Å². The summed E-state index contributed by atoms with van der Waals surface area (Å²) in [6.45, 7) is 5.03. The van der Waals surface area contributed by atoms with Crippen LogP contribution in [0.4, 0.5) is 0 Å². The predicted molar refractivity (Wildman–Crippen MR) is 83.5 cm³/mol. The molecule has 0 bridgehead atoms. The van der Waals surface area contributed by atoms with Gasteiger partial charge in [-0.2, -0.15) is 0 Å². The Labute approximate surface area is 123 Å². The first-order chi connectivity index (χ1) is 9.83. The summed E-state index contributed by atoms with van der Waals surface area (Å²) in [5.41, 5.74) is 1.12. The highest BCUT2D eigenvalue weighted by atomic mass is 16.5. The van der Waals surface area contributed by atoms with E-state index < -0.39 is 0 Å². The maximum Gasteiger partial charge on any atom is 0.293 e. The number of rotatable bonds is 11. The molecule has 0 aliphatic carbocycles. The van der Waals surface area contributed by atoms with Gasteiger partial charge in [0.15, 0.2) is 0 Å². The van der Waals surface area contributed by atoms with Gasteiger partial charge in [0, 0.05) is 5.92 Å². The summed E-state index contributed by atoms with van der Waals surface area (Å²) in [5, 5.41) is 0. The SMILES string of the molecule is CCCCCCC(CCC)C(OC=O)c1ccccc1. The van der Waals surface area contributed by atoms with E-state index in [0.29, 0.717) is 12.4 Å². The summed E-state index contributed by atoms with van der Waals surface area (Å²) in [6.07, 6.45) is 8.35. The molecule has 0 fully saturated rings. The van der Waals surface area contributed by atoms with Gasteiger partial charge in [0.2, 0.25) is 0 Å². The van der Waals surface area contributed by atoms with Crippen molar-refractivity contribution < 1.29 is 9.53 Å². The van der Waals surface area contributed by atoms with Crippen LogP contribution in [0.2, 0.25) is 0 Å². The van der Waals surface area contributed by atoms with Gasteiger partial charge in [-0.15, -0.1) is 0 Å². The van der Waals surface area contributed by atoms with Gasteiger partial charge in [0.05, 0.1) is 0 Å². The minimum atomic E-state index is -0.0877. The van der Waals surface area contributed by atoms with E-state index in [4.69, 9.17) is 4.74 Å². The van der Waals surface area contributed by atoms with Crippen LogP contribution in [0.3, 0.4) is 0 Å². The number of benzene rings is 1. The lowest BCUT2D eigenvalue weighted by atomic mass is 9.87. The zero-order chi connectivity index (χ0) is 14.6. The van der Waals surface area contributed by atoms with Crippen LogP contribution < -0.4 is 0 Å². The lowest BCUT2D eigenvalue weighted by Crippen LogP contribution is -2.16. The summed E-state index contributed by atoms with van der Waals surface area (Å²) in [4.78, 5) is 10.9. The zero-order valence-corrected chi connectivity index (χ0v) is 12.9. The summed E-state index contributed by atoms with van der Waals surface area (Å²) < 4.78 is 5.42. The molecule has 1 rings (SSSR count). The molecule has 0 aromatic heterocycles. The van der Waals surface area contributed by atoms with Crippen molar-refractivity contribution in [1.82, 2.24) is 0 Å². The molecule has 0 saturated carbocycles. The molecule has 0 saturated heterocycles. The van der Waals surface area contributed by atoms with Crippen molar-refractivity contribution in [2.75, 3.05) is 0 Å². The molecule has 112 valence electrons. The third kappa shape index (κ3) is 5.77. The molecular formula is C18H28O2. The lowest BCUT2D eigenvalue weighted by Gasteiger charge is -2.26. The Morgan fingerprint density at radius 1 is 1.00 bits per heavy atom. The second-order valence-electron chi connectivity index (χ2n) is 5.46. The molecule has 2 unspecified atom stereocenters. The Morgan fingerprint density at radius 3 is 2.35 bits per heavy atom. The molecule has 0 aliphatic rings. The molecule has 0 radical (unpaired) electrons. The second-order valence-corrected chi connectivity index (χ2v) is 5.46. The fraction of sp³-hybridized carbons (Fsp3) is 0.611. The highest BCUT2D eigenvalue weighted by molar-refractivity contribution is 5.38. The van der Waals surface area contributed by atoms with Gasteiger partial charge in [-0.25, -0.2) is 0 Å². The molecule has 0 heterocycles. The quantitative estimate of drug-likeness (QED) is 0.405. The average Bonchev–Trinajstić information content (AvgIpc) is 2.49. The van der Waals surface area contributed by atoms with Crippen LogP contribution in [-0.4, -0.2) is 6.47 Å². The van der Waals surface area contributed by atoms with Crippen LogP contribution in [0.5, 0.6) is 0 Å². The number of carbonyl (C=O) groups is 1. The van der Waals surface area contributed by atoms with Crippen molar-refractivity contribution in [3.63, 3.8) is 0 Å². The van der Waals surface area contributed by atoms with E-state index >= 15 is 0 Å². The van der Waals surface area contributed by atoms with E-state index in [0.717, 1.165) is 24.8 Å². The Bertz CT molecular complexity index is 348. The monoisotopic (exact) mass is 276 g/mol. The standard InChI is InChI=1S/C18H28O2/c1-3-5-6-8-12-16(11-4-2)18(20-15-19)17-13-9-7-10-14-17/h7,9-10,13-16,18H,3-6,8,11-12H2,1-2H3. The van der Waals surface area contributed by atoms with Gasteiger partial charge >= 0.3 is 0 Å². The summed E-state index contributed by atoms with van der Waals surface area (Å²) in [5.74, 6) is 0.435. The Morgan fingerprint density at radius 2 is 1.75 bits per heavy atom. The molecule has 0 amide bonds. The molecule has 2 heteroatoms. The molecule has 1 aromatic rings. The Kier molecular flexibility index (Phi) is 8.77. The van der Waals surface area contributed by atoms with E-state index in [9.17, 15) is 4.79 Å². The highest BCUT2D eigenvalue weighted by Crippen LogP contribution is 2.32. The van der Waals surface area contributed by atoms with E-state index in [-0.39, 0.29) is 6.10 Å². The largest absolute Gasteiger partial charge is 0.459 e. The number of hydrogen-bond donors (Lipinski definition) is 0. The topological polar surface area (TPSA) is 26.3 Å². The van der Waals surface area contributed by atoms with Gasteiger partial charge in [0.25, 0.3) is 6.47 Å². The molecule has 2 nitrogen and oxygen atoms in total. The van der Waals surface area contributed by atoms with Gasteiger partial charge < -0.3 is 4.74 Å². The average molecular weight is 276 g/mol. The maximum atomic E-state index is 10.9. The first-order valence-corrected chi connectivity index (χ1v) is 7.97. The smallest absolute Gasteiger partial charge is 0.293 e. The van der Waals surface area contributed by atoms with Gasteiger partial charge in [-0.05, 0) is 18.4 Å². The molecule has 0 N–H and O–H groups in total. The molecule has 0 aliphatic heterocycles. The van der Waals surface area contributed by atoms with Crippen LogP contribution >= 0.6 is 0 Å². The van der Waals surface area contributed by atoms with E-state index in [1.54, 1.807) is 0 Å². The third-order valence-corrected chi connectivity index (χ3v) is 3.85. The first-order valence-electron chi connectivity index (χ1n) is 7.97. The number of unbranched alkanes of at least 4 members (excludes halogenated alkanes) is 3. The predicted octanol–water partition coefficient (Wildman–Crippen LogP) is 5.29. The molecule has 2 atom stereocenters. The van der Waals surface area contributed by atoms with Crippen molar-refractivity contribution in [3.05, 3.63) is 35.9 Å². The fourth-order valence-electron chi connectivity index (χ4n) is 2.82. The zero-order valence-electron chi connectivity index (χ0n) is 12.9. The summed E-state index contributed by atoms with van der Waals surface area (Å²) >= 11 is 0. The van der Waals surface area contributed by atoms with Crippen molar-refractivity contribution in [2.45, 2.75) is 64.9 Å². The summed E-state index contributed by atoms with van der Waals surface area (Å²) in [6, 6.07) is 10.1. The summed E-state index contributed by atoms with van der Waals surface area (Å²) in [7, 11) is 0. The lowest BCUT2D eigenvalue weighted by molar-refractivity contribution is -0.137. The number of hydrogen-bond acceptors (Lipinski definition) is 2. The second kappa shape index (κ2) is 10.5. The Hall–Kier alpha value is -1.31. The van der Waals surface area contributed by atoms with E-state index in [1.807, 2.05) is 18.2 Å². The van der Waals surface area contributed by atoms with Crippen molar-refractivity contribution in [3.8, 4) is 0 Å². The van der Waals surface area contributed by atoms with Gasteiger partial charge in [-0.1, -0.05) is 76.3 Å². The highest BCUT2D eigenvalue weighted by Gasteiger charge is 2.23. The van der Waals surface area contributed by atoms with Crippen LogP contribution in [0, 0.1) is 5.92 Å². The normalized spacial score (nSPS) is 13.7. The molecule has 20 heavy (non-hydrogen) atoms. The van der Waals surface area contributed by atoms with E-state index in [1.165, 1.54) is 25.7 Å². The van der Waals surface area contributed by atoms with Crippen LogP contribution in [-0.2, 0) is 9.53 Å². The van der Waals surface area contributed by atoms with Crippen molar-refractivity contribution in [2.24, 2.45) is 5.92 Å². The maximum absolute atomic E-state index is 10.9. The fourth-order valence-corrected chi connectivity index (χ4v) is 2.82. The first kappa shape index (κ1) is 16.7. The minimum absolute atomic E-state index is 0.0877. The third-order valence-electron chi connectivity index (χ3n) is 3.85. The molecule has 0 spiro atoms. The number of carbonyl (C=O) groups excluding carboxylic acids is 1. The van der Waals surface area contributed by atoms with Gasteiger partial charge in [0.1, 0.15) is 6.10 Å². The van der Waals surface area contributed by atoms with Crippen LogP contribution in [0.1, 0.15) is 70.5 Å². The van der Waals surface area contributed by atoms with Crippen LogP contribution in [0.25, 0.3) is 0 Å². The number of ether oxygens (including phenoxy) is 1. The van der Waals surface area contributed by atoms with Crippen molar-refractivity contribution >= 4 is 6.47 Å². The van der Waals surface area contributed by atoms with E-state index in [2.05, 4.69) is 26.0 Å².